The molecular formula is C19H16FN3O4S2. The molecule has 29 heavy (non-hydrogen) atoms. The molecule has 0 spiro atoms. The minimum absolute atomic E-state index is 0.0619. The largest absolute Gasteiger partial charge is 0.506 e. The molecule has 150 valence electrons. The molecule has 0 bridgehead atoms. The highest BCUT2D eigenvalue weighted by Gasteiger charge is 2.29. The van der Waals surface area contributed by atoms with Crippen molar-refractivity contribution in [2.75, 3.05) is 21.9 Å². The van der Waals surface area contributed by atoms with Gasteiger partial charge in [0.2, 0.25) is 10.0 Å². The lowest BCUT2D eigenvalue weighted by Gasteiger charge is -2.18. The van der Waals surface area contributed by atoms with Crippen molar-refractivity contribution >= 4 is 38.6 Å². The fourth-order valence-corrected chi connectivity index (χ4v) is 5.41. The topological polar surface area (TPSA) is 99.6 Å². The number of thiazole rings is 1. The Kier molecular flexibility index (Phi) is 4.97. The van der Waals surface area contributed by atoms with Gasteiger partial charge in [-0.3, -0.25) is 9.10 Å². The Morgan fingerprint density at radius 2 is 2.03 bits per heavy atom. The SMILES string of the molecule is O=C(Nc1cc(N2CCCS2(=O)=O)ccc1O)c1csc(-c2ccccc2F)n1. The second kappa shape index (κ2) is 7.45. The normalized spacial score (nSPS) is 15.4. The van der Waals surface area contributed by atoms with Crippen molar-refractivity contribution in [3.63, 3.8) is 0 Å². The number of nitrogens with zero attached hydrogens (tertiary/aromatic N) is 2. The number of hydrogen-bond donors (Lipinski definition) is 2. The fourth-order valence-electron chi connectivity index (χ4n) is 3.03. The van der Waals surface area contributed by atoms with Crippen molar-refractivity contribution in [2.45, 2.75) is 6.42 Å². The highest BCUT2D eigenvalue weighted by molar-refractivity contribution is 7.93. The summed E-state index contributed by atoms with van der Waals surface area (Å²) in [5, 5.41) is 14.5. The van der Waals surface area contributed by atoms with Crippen molar-refractivity contribution < 1.29 is 22.7 Å². The van der Waals surface area contributed by atoms with Crippen LogP contribution in [0.5, 0.6) is 5.75 Å². The highest BCUT2D eigenvalue weighted by Crippen LogP contribution is 2.33. The van der Waals surface area contributed by atoms with Gasteiger partial charge in [-0.05, 0) is 36.8 Å². The summed E-state index contributed by atoms with van der Waals surface area (Å²) < 4.78 is 39.4. The van der Waals surface area contributed by atoms with Gasteiger partial charge < -0.3 is 10.4 Å². The maximum atomic E-state index is 13.9. The number of phenolic OH excluding ortho intramolecular Hbond substituents is 1. The number of carbonyl (C=O) groups is 1. The molecule has 2 heterocycles. The lowest BCUT2D eigenvalue weighted by molar-refractivity contribution is 0.102. The molecule has 1 aromatic heterocycles. The van der Waals surface area contributed by atoms with E-state index in [9.17, 15) is 22.7 Å². The summed E-state index contributed by atoms with van der Waals surface area (Å²) in [6, 6.07) is 10.3. The third kappa shape index (κ3) is 3.81. The second-order valence-corrected chi connectivity index (χ2v) is 9.29. The van der Waals surface area contributed by atoms with Gasteiger partial charge in [-0.25, -0.2) is 17.8 Å². The smallest absolute Gasteiger partial charge is 0.275 e. The summed E-state index contributed by atoms with van der Waals surface area (Å²) in [6.07, 6.45) is 0.516. The number of phenols is 1. The Bertz CT molecular complexity index is 1190. The van der Waals surface area contributed by atoms with E-state index in [0.29, 0.717) is 29.2 Å². The van der Waals surface area contributed by atoms with Gasteiger partial charge in [0.05, 0.1) is 17.1 Å². The van der Waals surface area contributed by atoms with E-state index >= 15 is 0 Å². The van der Waals surface area contributed by atoms with Crippen LogP contribution >= 0.6 is 11.3 Å². The number of benzene rings is 2. The van der Waals surface area contributed by atoms with Crippen molar-refractivity contribution in [3.8, 4) is 16.3 Å². The summed E-state index contributed by atoms with van der Waals surface area (Å²) in [5.41, 5.74) is 0.781. The van der Waals surface area contributed by atoms with Gasteiger partial charge in [0.25, 0.3) is 5.91 Å². The summed E-state index contributed by atoms with van der Waals surface area (Å²) in [6.45, 7) is 0.346. The van der Waals surface area contributed by atoms with Crippen LogP contribution in [0.25, 0.3) is 10.6 Å². The molecule has 3 aromatic rings. The first kappa shape index (κ1) is 19.3. The third-order valence-electron chi connectivity index (χ3n) is 4.46. The number of sulfonamides is 1. The molecule has 0 saturated carbocycles. The number of anilines is 2. The predicted octanol–water partition coefficient (Wildman–Crippen LogP) is 3.45. The number of aromatic hydroxyl groups is 1. The average Bonchev–Trinajstić information content (AvgIpc) is 3.30. The Hall–Kier alpha value is -2.98. The van der Waals surface area contributed by atoms with Crippen LogP contribution in [0.15, 0.2) is 47.8 Å². The van der Waals surface area contributed by atoms with E-state index < -0.39 is 21.7 Å². The molecule has 2 N–H and O–H groups in total. The van der Waals surface area contributed by atoms with E-state index in [4.69, 9.17) is 0 Å². The highest BCUT2D eigenvalue weighted by atomic mass is 32.2. The number of carbonyl (C=O) groups excluding carboxylic acids is 1. The number of halogens is 1. The van der Waals surface area contributed by atoms with E-state index in [1.807, 2.05) is 0 Å². The quantitative estimate of drug-likeness (QED) is 0.614. The van der Waals surface area contributed by atoms with E-state index in [0.717, 1.165) is 11.3 Å². The molecule has 7 nitrogen and oxygen atoms in total. The summed E-state index contributed by atoms with van der Waals surface area (Å²) in [4.78, 5) is 16.7. The molecule has 2 aromatic carbocycles. The van der Waals surface area contributed by atoms with E-state index in [2.05, 4.69) is 10.3 Å². The zero-order chi connectivity index (χ0) is 20.6. The minimum atomic E-state index is -3.39. The van der Waals surface area contributed by atoms with Crippen LogP contribution in [0.2, 0.25) is 0 Å². The van der Waals surface area contributed by atoms with Crippen LogP contribution < -0.4 is 9.62 Å². The van der Waals surface area contributed by atoms with Crippen molar-refractivity contribution in [2.24, 2.45) is 0 Å². The maximum absolute atomic E-state index is 13.9. The van der Waals surface area contributed by atoms with Crippen LogP contribution in [0.4, 0.5) is 15.8 Å². The second-order valence-electron chi connectivity index (χ2n) is 6.42. The Labute approximate surface area is 170 Å². The van der Waals surface area contributed by atoms with Gasteiger partial charge in [0, 0.05) is 17.5 Å². The number of aromatic nitrogens is 1. The standard InChI is InChI=1S/C19H16FN3O4S2/c20-14-5-2-1-4-13(14)19-22-16(11-28-19)18(25)21-15-10-12(6-7-17(15)24)23-8-3-9-29(23,26)27/h1-2,4-7,10-11,24H,3,8-9H2,(H,21,25). The average molecular weight is 433 g/mol. The van der Waals surface area contributed by atoms with Gasteiger partial charge in [-0.15, -0.1) is 11.3 Å². The molecule has 0 aliphatic carbocycles. The Morgan fingerprint density at radius 1 is 1.24 bits per heavy atom. The summed E-state index contributed by atoms with van der Waals surface area (Å²) >= 11 is 1.12. The Balaban J connectivity index is 1.58. The molecule has 1 aliphatic heterocycles. The van der Waals surface area contributed by atoms with Crippen LogP contribution in [0.1, 0.15) is 16.9 Å². The summed E-state index contributed by atoms with van der Waals surface area (Å²) in [7, 11) is -3.39. The van der Waals surface area contributed by atoms with E-state index in [-0.39, 0.29) is 22.9 Å². The number of rotatable bonds is 4. The first-order valence-electron chi connectivity index (χ1n) is 8.70. The molecule has 1 fully saturated rings. The monoisotopic (exact) mass is 433 g/mol. The van der Waals surface area contributed by atoms with E-state index in [1.165, 1.54) is 34.0 Å². The van der Waals surface area contributed by atoms with Gasteiger partial charge in [0.15, 0.2) is 0 Å². The van der Waals surface area contributed by atoms with Gasteiger partial charge in [0.1, 0.15) is 22.3 Å². The van der Waals surface area contributed by atoms with Crippen LogP contribution in [-0.2, 0) is 10.0 Å². The zero-order valence-electron chi connectivity index (χ0n) is 15.0. The van der Waals surface area contributed by atoms with Gasteiger partial charge in [-0.1, -0.05) is 12.1 Å². The molecule has 0 unspecified atom stereocenters. The van der Waals surface area contributed by atoms with Gasteiger partial charge >= 0.3 is 0 Å². The van der Waals surface area contributed by atoms with Crippen molar-refractivity contribution in [3.05, 3.63) is 59.4 Å². The number of nitrogens with one attached hydrogen (secondary N) is 1. The molecule has 0 atom stereocenters. The van der Waals surface area contributed by atoms with Crippen molar-refractivity contribution in [1.29, 1.82) is 0 Å². The first-order valence-corrected chi connectivity index (χ1v) is 11.2. The number of hydrogen-bond acceptors (Lipinski definition) is 6. The van der Waals surface area contributed by atoms with E-state index in [1.54, 1.807) is 18.2 Å². The fraction of sp³-hybridized carbons (Fsp3) is 0.158. The number of amides is 1. The van der Waals surface area contributed by atoms with Crippen LogP contribution in [0.3, 0.4) is 0 Å². The molecule has 1 aliphatic rings. The summed E-state index contributed by atoms with van der Waals surface area (Å²) in [5.74, 6) is -1.18. The Morgan fingerprint density at radius 3 is 2.76 bits per heavy atom. The first-order chi connectivity index (χ1) is 13.8. The maximum Gasteiger partial charge on any atom is 0.275 e. The molecule has 4 rings (SSSR count). The molecule has 1 saturated heterocycles. The third-order valence-corrected chi connectivity index (χ3v) is 7.20. The van der Waals surface area contributed by atoms with Crippen molar-refractivity contribution in [1.82, 2.24) is 4.98 Å². The van der Waals surface area contributed by atoms with Crippen LogP contribution in [-0.4, -0.2) is 36.7 Å². The minimum Gasteiger partial charge on any atom is -0.506 e. The molecule has 10 heteroatoms. The lowest BCUT2D eigenvalue weighted by atomic mass is 10.2. The lowest BCUT2D eigenvalue weighted by Crippen LogP contribution is -2.25. The zero-order valence-corrected chi connectivity index (χ0v) is 16.6. The molecular weight excluding hydrogens is 417 g/mol. The van der Waals surface area contributed by atoms with Gasteiger partial charge in [-0.2, -0.15) is 0 Å². The molecule has 1 amide bonds. The van der Waals surface area contributed by atoms with Crippen LogP contribution in [0, 0.1) is 5.82 Å². The molecule has 0 radical (unpaired) electrons. The predicted molar refractivity (Wildman–Crippen MR) is 109 cm³/mol.